The zero-order chi connectivity index (χ0) is 15.9. The molecule has 116 valence electrons. The molecule has 0 heteroatoms. The van der Waals surface area contributed by atoms with Crippen LogP contribution in [0.15, 0.2) is 84.9 Å². The third-order valence-electron chi connectivity index (χ3n) is 4.48. The van der Waals surface area contributed by atoms with Gasteiger partial charge in [0.25, 0.3) is 0 Å². The second kappa shape index (κ2) is 7.78. The summed E-state index contributed by atoms with van der Waals surface area (Å²) < 4.78 is 0. The van der Waals surface area contributed by atoms with Crippen molar-refractivity contribution < 1.29 is 0 Å². The molecule has 1 atom stereocenters. The Morgan fingerprint density at radius 2 is 1.30 bits per heavy atom. The van der Waals surface area contributed by atoms with Gasteiger partial charge < -0.3 is 0 Å². The van der Waals surface area contributed by atoms with E-state index in [-0.39, 0.29) is 0 Å². The summed E-state index contributed by atoms with van der Waals surface area (Å²) in [4.78, 5) is 0. The summed E-state index contributed by atoms with van der Waals surface area (Å²) in [5, 5.41) is 0. The minimum absolute atomic E-state index is 0.589. The Morgan fingerprint density at radius 1 is 0.696 bits per heavy atom. The zero-order valence-electron chi connectivity index (χ0n) is 13.8. The van der Waals surface area contributed by atoms with E-state index in [0.29, 0.717) is 5.92 Å². The number of hydrogen-bond acceptors (Lipinski definition) is 0. The van der Waals surface area contributed by atoms with Crippen LogP contribution in [0.4, 0.5) is 0 Å². The van der Waals surface area contributed by atoms with Crippen molar-refractivity contribution in [3.63, 3.8) is 0 Å². The second-order valence-electron chi connectivity index (χ2n) is 6.12. The first-order valence-electron chi connectivity index (χ1n) is 8.56. The first-order valence-corrected chi connectivity index (χ1v) is 8.56. The van der Waals surface area contributed by atoms with E-state index in [1.54, 1.807) is 0 Å². The second-order valence-corrected chi connectivity index (χ2v) is 6.12. The Labute approximate surface area is 139 Å². The fourth-order valence-corrected chi connectivity index (χ4v) is 3.32. The van der Waals surface area contributed by atoms with Gasteiger partial charge in [0.1, 0.15) is 0 Å². The summed E-state index contributed by atoms with van der Waals surface area (Å²) in [5.74, 6) is 0.589. The van der Waals surface area contributed by atoms with E-state index in [1.807, 2.05) is 0 Å². The van der Waals surface area contributed by atoms with Crippen LogP contribution in [-0.2, 0) is 6.42 Å². The maximum atomic E-state index is 2.29. The average molecular weight is 300 g/mol. The third kappa shape index (κ3) is 3.90. The molecule has 0 nitrogen and oxygen atoms in total. The summed E-state index contributed by atoms with van der Waals surface area (Å²) in [5.41, 5.74) is 5.58. The number of benzene rings is 3. The van der Waals surface area contributed by atoms with E-state index in [9.17, 15) is 0 Å². The van der Waals surface area contributed by atoms with Crippen LogP contribution in [0, 0.1) is 0 Å². The zero-order valence-corrected chi connectivity index (χ0v) is 13.8. The van der Waals surface area contributed by atoms with Gasteiger partial charge in [-0.2, -0.15) is 0 Å². The van der Waals surface area contributed by atoms with Crippen LogP contribution < -0.4 is 0 Å². The van der Waals surface area contributed by atoms with Crippen LogP contribution in [0.5, 0.6) is 0 Å². The van der Waals surface area contributed by atoms with Gasteiger partial charge in [-0.1, -0.05) is 98.3 Å². The Balaban J connectivity index is 1.92. The van der Waals surface area contributed by atoms with Gasteiger partial charge in [0.05, 0.1) is 0 Å². The van der Waals surface area contributed by atoms with E-state index in [1.165, 1.54) is 35.1 Å². The Kier molecular flexibility index (Phi) is 5.26. The first kappa shape index (κ1) is 15.6. The van der Waals surface area contributed by atoms with Crippen molar-refractivity contribution >= 4 is 0 Å². The predicted molar refractivity (Wildman–Crippen MR) is 99.7 cm³/mol. The lowest BCUT2D eigenvalue weighted by Gasteiger charge is -2.19. The standard InChI is InChI=1S/C23H24/c1-2-11-21(19-12-5-3-6-13-19)18-22-16-9-10-17-23(22)20-14-7-4-8-15-20/h3-10,12-17,21H,2,11,18H2,1H3. The van der Waals surface area contributed by atoms with E-state index < -0.39 is 0 Å². The van der Waals surface area contributed by atoms with E-state index in [4.69, 9.17) is 0 Å². The first-order chi connectivity index (χ1) is 11.4. The van der Waals surface area contributed by atoms with Crippen LogP contribution >= 0.6 is 0 Å². The quantitative estimate of drug-likeness (QED) is 0.488. The molecule has 0 heterocycles. The normalized spacial score (nSPS) is 12.0. The lowest BCUT2D eigenvalue weighted by atomic mass is 9.86. The highest BCUT2D eigenvalue weighted by Gasteiger charge is 2.14. The molecule has 3 aromatic rings. The minimum atomic E-state index is 0.589. The van der Waals surface area contributed by atoms with Crippen LogP contribution in [0.3, 0.4) is 0 Å². The van der Waals surface area contributed by atoms with Crippen LogP contribution in [0.25, 0.3) is 11.1 Å². The summed E-state index contributed by atoms with van der Waals surface area (Å²) in [6, 6.07) is 30.5. The minimum Gasteiger partial charge on any atom is -0.0654 e. The molecule has 0 aliphatic rings. The average Bonchev–Trinajstić information content (AvgIpc) is 2.63. The van der Waals surface area contributed by atoms with Crippen molar-refractivity contribution in [2.75, 3.05) is 0 Å². The maximum absolute atomic E-state index is 2.29. The van der Waals surface area contributed by atoms with Crippen molar-refractivity contribution in [1.29, 1.82) is 0 Å². The molecular formula is C23H24. The van der Waals surface area contributed by atoms with Gasteiger partial charge in [0, 0.05) is 0 Å². The van der Waals surface area contributed by atoms with E-state index in [0.717, 1.165) is 6.42 Å². The highest BCUT2D eigenvalue weighted by atomic mass is 14.2. The molecule has 0 aromatic heterocycles. The van der Waals surface area contributed by atoms with Crippen LogP contribution in [-0.4, -0.2) is 0 Å². The molecule has 0 aliphatic carbocycles. The number of rotatable bonds is 6. The summed E-state index contributed by atoms with van der Waals surface area (Å²) in [6.45, 7) is 2.28. The van der Waals surface area contributed by atoms with Gasteiger partial charge in [-0.25, -0.2) is 0 Å². The molecule has 3 rings (SSSR count). The molecule has 1 unspecified atom stereocenters. The van der Waals surface area contributed by atoms with Crippen molar-refractivity contribution in [3.8, 4) is 11.1 Å². The summed E-state index contributed by atoms with van der Waals surface area (Å²) in [7, 11) is 0. The maximum Gasteiger partial charge on any atom is -0.0121 e. The van der Waals surface area contributed by atoms with Crippen LogP contribution in [0.1, 0.15) is 36.8 Å². The lowest BCUT2D eigenvalue weighted by molar-refractivity contribution is 0.611. The topological polar surface area (TPSA) is 0 Å². The van der Waals surface area contributed by atoms with E-state index >= 15 is 0 Å². The van der Waals surface area contributed by atoms with Crippen molar-refractivity contribution in [3.05, 3.63) is 96.1 Å². The molecule has 0 aliphatic heterocycles. The van der Waals surface area contributed by atoms with Gasteiger partial charge in [0.2, 0.25) is 0 Å². The molecule has 0 radical (unpaired) electrons. The molecule has 0 bridgehead atoms. The van der Waals surface area contributed by atoms with E-state index in [2.05, 4.69) is 91.9 Å². The van der Waals surface area contributed by atoms with Gasteiger partial charge in [-0.05, 0) is 41.0 Å². The molecular weight excluding hydrogens is 276 g/mol. The molecule has 0 saturated carbocycles. The Hall–Kier alpha value is -2.34. The fraction of sp³-hybridized carbons (Fsp3) is 0.217. The molecule has 0 amide bonds. The van der Waals surface area contributed by atoms with Crippen molar-refractivity contribution in [1.82, 2.24) is 0 Å². The van der Waals surface area contributed by atoms with Gasteiger partial charge >= 0.3 is 0 Å². The molecule has 0 fully saturated rings. The summed E-state index contributed by atoms with van der Waals surface area (Å²) in [6.07, 6.45) is 3.54. The lowest BCUT2D eigenvalue weighted by Crippen LogP contribution is -2.04. The molecule has 0 N–H and O–H groups in total. The van der Waals surface area contributed by atoms with Gasteiger partial charge in [0.15, 0.2) is 0 Å². The Morgan fingerprint density at radius 3 is 2.00 bits per heavy atom. The third-order valence-corrected chi connectivity index (χ3v) is 4.48. The molecule has 0 spiro atoms. The number of hydrogen-bond donors (Lipinski definition) is 0. The van der Waals surface area contributed by atoms with Crippen LogP contribution in [0.2, 0.25) is 0 Å². The van der Waals surface area contributed by atoms with Crippen molar-refractivity contribution in [2.45, 2.75) is 32.1 Å². The molecule has 23 heavy (non-hydrogen) atoms. The molecule has 3 aromatic carbocycles. The fourth-order valence-electron chi connectivity index (χ4n) is 3.32. The monoisotopic (exact) mass is 300 g/mol. The summed E-state index contributed by atoms with van der Waals surface area (Å²) >= 11 is 0. The Bertz CT molecular complexity index is 713. The highest BCUT2D eigenvalue weighted by Crippen LogP contribution is 2.31. The largest absolute Gasteiger partial charge is 0.0654 e. The van der Waals surface area contributed by atoms with Gasteiger partial charge in [-0.3, -0.25) is 0 Å². The van der Waals surface area contributed by atoms with Crippen molar-refractivity contribution in [2.24, 2.45) is 0 Å². The predicted octanol–water partition coefficient (Wildman–Crippen LogP) is 6.48. The SMILES string of the molecule is CCCC(Cc1ccccc1-c1ccccc1)c1ccccc1. The van der Waals surface area contributed by atoms with Gasteiger partial charge in [-0.15, -0.1) is 0 Å². The smallest absolute Gasteiger partial charge is 0.0121 e. The molecule has 0 saturated heterocycles. The highest BCUT2D eigenvalue weighted by molar-refractivity contribution is 5.67.